The molecule has 0 saturated heterocycles. The fourth-order valence-electron chi connectivity index (χ4n) is 1.61. The van der Waals surface area contributed by atoms with Gasteiger partial charge in [0, 0.05) is 10.2 Å². The molecule has 0 spiro atoms. The van der Waals surface area contributed by atoms with Crippen LogP contribution in [-0.2, 0) is 10.0 Å². The average molecular weight is 376 g/mol. The van der Waals surface area contributed by atoms with E-state index in [9.17, 15) is 8.42 Å². The van der Waals surface area contributed by atoms with Crippen LogP contribution in [0.4, 0.5) is 11.4 Å². The molecule has 0 fully saturated rings. The number of benzene rings is 2. The van der Waals surface area contributed by atoms with Crippen LogP contribution in [0, 0.1) is 6.92 Å². The lowest BCUT2D eigenvalue weighted by Crippen LogP contribution is -2.13. The normalized spacial score (nSPS) is 11.3. The van der Waals surface area contributed by atoms with Gasteiger partial charge < -0.3 is 5.73 Å². The summed E-state index contributed by atoms with van der Waals surface area (Å²) in [6, 6.07) is 9.40. The van der Waals surface area contributed by atoms with Crippen molar-refractivity contribution in [3.05, 3.63) is 51.5 Å². The first-order valence-corrected chi connectivity index (χ1v) is 8.29. The Kier molecular flexibility index (Phi) is 4.27. The van der Waals surface area contributed by atoms with Crippen LogP contribution >= 0.6 is 27.5 Å². The van der Waals surface area contributed by atoms with Crippen LogP contribution in [0.25, 0.3) is 0 Å². The molecular formula is C13H12BrClN2O2S. The molecule has 3 N–H and O–H groups in total. The number of hydrogen-bond acceptors (Lipinski definition) is 3. The zero-order valence-electron chi connectivity index (χ0n) is 10.5. The highest BCUT2D eigenvalue weighted by atomic mass is 79.9. The molecule has 7 heteroatoms. The lowest BCUT2D eigenvalue weighted by Gasteiger charge is -2.11. The standard InChI is InChI=1S/C13H12BrClN2O2S/c1-8-6-10(3-4-11(8)14)20(18,19)17-13-7-9(16)2-5-12(13)15/h2-7,17H,16H2,1H3. The van der Waals surface area contributed by atoms with E-state index in [-0.39, 0.29) is 15.6 Å². The van der Waals surface area contributed by atoms with Crippen molar-refractivity contribution in [1.29, 1.82) is 0 Å². The first-order valence-electron chi connectivity index (χ1n) is 5.63. The largest absolute Gasteiger partial charge is 0.399 e. The SMILES string of the molecule is Cc1cc(S(=O)(=O)Nc2cc(N)ccc2Cl)ccc1Br. The number of sulfonamides is 1. The summed E-state index contributed by atoms with van der Waals surface area (Å²) >= 11 is 9.29. The molecule has 0 atom stereocenters. The second kappa shape index (κ2) is 5.63. The van der Waals surface area contributed by atoms with Gasteiger partial charge >= 0.3 is 0 Å². The summed E-state index contributed by atoms with van der Waals surface area (Å²) in [6.45, 7) is 1.82. The molecule has 0 aliphatic rings. The van der Waals surface area contributed by atoms with Crippen molar-refractivity contribution in [1.82, 2.24) is 0 Å². The third-order valence-corrected chi connectivity index (χ3v) is 5.26. The minimum Gasteiger partial charge on any atom is -0.399 e. The summed E-state index contributed by atoms with van der Waals surface area (Å²) in [5, 5.41) is 0.289. The van der Waals surface area contributed by atoms with Crippen LogP contribution in [-0.4, -0.2) is 8.42 Å². The molecule has 2 aromatic carbocycles. The highest BCUT2D eigenvalue weighted by Crippen LogP contribution is 2.27. The van der Waals surface area contributed by atoms with Crippen molar-refractivity contribution >= 4 is 48.9 Å². The van der Waals surface area contributed by atoms with Crippen molar-refractivity contribution in [2.45, 2.75) is 11.8 Å². The van der Waals surface area contributed by atoms with Gasteiger partial charge in [0.05, 0.1) is 15.6 Å². The van der Waals surface area contributed by atoms with Gasteiger partial charge in [-0.2, -0.15) is 0 Å². The summed E-state index contributed by atoms with van der Waals surface area (Å²) in [5.74, 6) is 0. The molecule has 0 amide bonds. The number of halogens is 2. The number of nitrogen functional groups attached to an aromatic ring is 1. The van der Waals surface area contributed by atoms with Crippen LogP contribution in [0.3, 0.4) is 0 Å². The van der Waals surface area contributed by atoms with Crippen LogP contribution in [0.15, 0.2) is 45.8 Å². The molecule has 0 aliphatic carbocycles. The topological polar surface area (TPSA) is 72.2 Å². The van der Waals surface area contributed by atoms with Gasteiger partial charge in [-0.1, -0.05) is 27.5 Å². The molecular weight excluding hydrogens is 364 g/mol. The third-order valence-electron chi connectivity index (χ3n) is 2.67. The van der Waals surface area contributed by atoms with Gasteiger partial charge in [-0.15, -0.1) is 0 Å². The molecule has 0 aromatic heterocycles. The van der Waals surface area contributed by atoms with Crippen LogP contribution < -0.4 is 10.5 Å². The zero-order valence-corrected chi connectivity index (χ0v) is 13.7. The fourth-order valence-corrected chi connectivity index (χ4v) is 3.23. The van der Waals surface area contributed by atoms with Gasteiger partial charge in [0.15, 0.2) is 0 Å². The maximum Gasteiger partial charge on any atom is 0.261 e. The van der Waals surface area contributed by atoms with Crippen molar-refractivity contribution in [3.63, 3.8) is 0 Å². The molecule has 0 bridgehead atoms. The smallest absolute Gasteiger partial charge is 0.261 e. The predicted octanol–water partition coefficient (Wildman–Crippen LogP) is 3.79. The Labute approximate surface area is 131 Å². The van der Waals surface area contributed by atoms with E-state index in [4.69, 9.17) is 17.3 Å². The van der Waals surface area contributed by atoms with Gasteiger partial charge in [-0.3, -0.25) is 4.72 Å². The Morgan fingerprint density at radius 1 is 1.20 bits per heavy atom. The fraction of sp³-hybridized carbons (Fsp3) is 0.0769. The van der Waals surface area contributed by atoms with E-state index in [2.05, 4.69) is 20.7 Å². The second-order valence-corrected chi connectivity index (χ2v) is 7.20. The molecule has 4 nitrogen and oxygen atoms in total. The van der Waals surface area contributed by atoms with Crippen LogP contribution in [0.2, 0.25) is 5.02 Å². The highest BCUT2D eigenvalue weighted by Gasteiger charge is 2.16. The molecule has 0 heterocycles. The van der Waals surface area contributed by atoms with Gasteiger partial charge in [0.25, 0.3) is 10.0 Å². The minimum absolute atomic E-state index is 0.164. The van der Waals surface area contributed by atoms with E-state index in [1.807, 2.05) is 6.92 Å². The molecule has 20 heavy (non-hydrogen) atoms. The lowest BCUT2D eigenvalue weighted by atomic mass is 10.2. The summed E-state index contributed by atoms with van der Waals surface area (Å²) in [6.07, 6.45) is 0. The molecule has 0 radical (unpaired) electrons. The Morgan fingerprint density at radius 2 is 1.90 bits per heavy atom. The van der Waals surface area contributed by atoms with Gasteiger partial charge in [-0.05, 0) is 48.9 Å². The highest BCUT2D eigenvalue weighted by molar-refractivity contribution is 9.10. The molecule has 0 unspecified atom stereocenters. The number of hydrogen-bond donors (Lipinski definition) is 2. The summed E-state index contributed by atoms with van der Waals surface area (Å²) in [4.78, 5) is 0.164. The van der Waals surface area contributed by atoms with Crippen LogP contribution in [0.1, 0.15) is 5.56 Å². The minimum atomic E-state index is -3.70. The van der Waals surface area contributed by atoms with Crippen molar-refractivity contribution < 1.29 is 8.42 Å². The first kappa shape index (κ1) is 15.2. The third kappa shape index (κ3) is 3.26. The van der Waals surface area contributed by atoms with E-state index >= 15 is 0 Å². The molecule has 0 aliphatic heterocycles. The molecule has 2 rings (SSSR count). The monoisotopic (exact) mass is 374 g/mol. The quantitative estimate of drug-likeness (QED) is 0.802. The first-order chi connectivity index (χ1) is 9.29. The average Bonchev–Trinajstić information content (AvgIpc) is 2.36. The number of rotatable bonds is 3. The predicted molar refractivity (Wildman–Crippen MR) is 85.6 cm³/mol. The van der Waals surface area contributed by atoms with E-state index < -0.39 is 10.0 Å². The van der Waals surface area contributed by atoms with E-state index in [1.54, 1.807) is 24.3 Å². The number of anilines is 2. The number of nitrogens with two attached hydrogens (primary N) is 1. The number of aryl methyl sites for hydroxylation is 1. The van der Waals surface area contributed by atoms with E-state index in [0.29, 0.717) is 5.69 Å². The van der Waals surface area contributed by atoms with Gasteiger partial charge in [0.2, 0.25) is 0 Å². The second-order valence-electron chi connectivity index (χ2n) is 4.26. The maximum absolute atomic E-state index is 12.3. The van der Waals surface area contributed by atoms with Gasteiger partial charge in [0.1, 0.15) is 0 Å². The molecule has 2 aromatic rings. The Morgan fingerprint density at radius 3 is 2.55 bits per heavy atom. The summed E-state index contributed by atoms with van der Waals surface area (Å²) in [5.41, 5.74) is 7.14. The van der Waals surface area contributed by atoms with Crippen molar-refractivity contribution in [3.8, 4) is 0 Å². The van der Waals surface area contributed by atoms with Gasteiger partial charge in [-0.25, -0.2) is 8.42 Å². The summed E-state index contributed by atoms with van der Waals surface area (Å²) in [7, 11) is -3.70. The molecule has 106 valence electrons. The maximum atomic E-state index is 12.3. The lowest BCUT2D eigenvalue weighted by molar-refractivity contribution is 0.601. The van der Waals surface area contributed by atoms with Crippen LogP contribution in [0.5, 0.6) is 0 Å². The van der Waals surface area contributed by atoms with E-state index in [1.165, 1.54) is 12.1 Å². The number of nitrogens with one attached hydrogen (secondary N) is 1. The Bertz CT molecular complexity index is 763. The molecule has 0 saturated carbocycles. The van der Waals surface area contributed by atoms with Crippen molar-refractivity contribution in [2.75, 3.05) is 10.5 Å². The Hall–Kier alpha value is -1.24. The van der Waals surface area contributed by atoms with Crippen molar-refractivity contribution in [2.24, 2.45) is 0 Å². The Balaban J connectivity index is 2.40. The zero-order chi connectivity index (χ0) is 14.9. The van der Waals surface area contributed by atoms with E-state index in [0.717, 1.165) is 10.0 Å². The summed E-state index contributed by atoms with van der Waals surface area (Å²) < 4.78 is 27.9.